The predicted molar refractivity (Wildman–Crippen MR) is 95.8 cm³/mol. The molecule has 1 atom stereocenters. The second-order valence-electron chi connectivity index (χ2n) is 5.85. The lowest BCUT2D eigenvalue weighted by Crippen LogP contribution is -2.52. The van der Waals surface area contributed by atoms with Crippen LogP contribution in [0.25, 0.3) is 0 Å². The highest BCUT2D eigenvalue weighted by Crippen LogP contribution is 2.22. The van der Waals surface area contributed by atoms with E-state index in [0.717, 1.165) is 18.2 Å². The molecule has 1 fully saturated rings. The zero-order valence-electron chi connectivity index (χ0n) is 14.2. The Bertz CT molecular complexity index is 717. The number of halogens is 1. The Hall–Kier alpha value is -2.35. The maximum atomic E-state index is 13.8. The molecule has 1 aromatic carbocycles. The second kappa shape index (κ2) is 7.69. The van der Waals surface area contributed by atoms with Gasteiger partial charge in [0.1, 0.15) is 0 Å². The Kier molecular flexibility index (Phi) is 5.37. The molecule has 0 radical (unpaired) electrons. The zero-order chi connectivity index (χ0) is 17.8. The van der Waals surface area contributed by atoms with Crippen molar-refractivity contribution >= 4 is 22.5 Å². The number of anilines is 1. The summed E-state index contributed by atoms with van der Waals surface area (Å²) < 4.78 is 18.7. The average Bonchev–Trinajstić information content (AvgIpc) is 3.16. The van der Waals surface area contributed by atoms with E-state index in [1.165, 1.54) is 13.2 Å². The number of nitrogens with one attached hydrogen (secondary N) is 1. The van der Waals surface area contributed by atoms with E-state index in [0.29, 0.717) is 18.7 Å². The van der Waals surface area contributed by atoms with E-state index < -0.39 is 5.82 Å². The summed E-state index contributed by atoms with van der Waals surface area (Å²) >= 11 is 1.60. The van der Waals surface area contributed by atoms with Crippen LogP contribution in [-0.4, -0.2) is 49.2 Å². The predicted octanol–water partition coefficient (Wildman–Crippen LogP) is 2.88. The number of amides is 2. The molecule has 25 heavy (non-hydrogen) atoms. The van der Waals surface area contributed by atoms with Crippen LogP contribution < -0.4 is 15.0 Å². The van der Waals surface area contributed by atoms with Crippen LogP contribution in [0, 0.1) is 5.82 Å². The Balaban J connectivity index is 1.54. The number of thiazole rings is 1. The summed E-state index contributed by atoms with van der Waals surface area (Å²) in [6.45, 7) is 4.62. The largest absolute Gasteiger partial charge is 0.494 e. The van der Waals surface area contributed by atoms with Crippen molar-refractivity contribution in [3.63, 3.8) is 0 Å². The van der Waals surface area contributed by atoms with Gasteiger partial charge in [-0.05, 0) is 24.6 Å². The molecule has 1 aromatic heterocycles. The van der Waals surface area contributed by atoms with Gasteiger partial charge in [-0.3, -0.25) is 0 Å². The number of hydrogen-bond acceptors (Lipinski definition) is 5. The van der Waals surface area contributed by atoms with Crippen LogP contribution in [0.1, 0.15) is 18.5 Å². The SMILES string of the molecule is COc1ccc(C(C)NC(=O)N2CCN(c3nccs3)CC2)cc1F. The number of aromatic nitrogens is 1. The molecular weight excluding hydrogens is 343 g/mol. The molecule has 134 valence electrons. The molecule has 0 spiro atoms. The van der Waals surface area contributed by atoms with Gasteiger partial charge in [-0.2, -0.15) is 0 Å². The first-order valence-electron chi connectivity index (χ1n) is 8.12. The Morgan fingerprint density at radius 3 is 2.72 bits per heavy atom. The fourth-order valence-electron chi connectivity index (χ4n) is 2.78. The molecule has 0 saturated carbocycles. The summed E-state index contributed by atoms with van der Waals surface area (Å²) in [4.78, 5) is 20.7. The van der Waals surface area contributed by atoms with Crippen molar-refractivity contribution in [2.75, 3.05) is 38.2 Å². The molecule has 1 saturated heterocycles. The fraction of sp³-hybridized carbons (Fsp3) is 0.412. The number of rotatable bonds is 4. The number of carbonyl (C=O) groups excluding carboxylic acids is 1. The number of methoxy groups -OCH3 is 1. The second-order valence-corrected chi connectivity index (χ2v) is 6.73. The first kappa shape index (κ1) is 17.5. The lowest BCUT2D eigenvalue weighted by molar-refractivity contribution is 0.191. The molecule has 0 bridgehead atoms. The Morgan fingerprint density at radius 1 is 1.36 bits per heavy atom. The standard InChI is InChI=1S/C17H21FN4O2S/c1-12(13-3-4-15(24-2)14(18)11-13)20-16(23)21-6-8-22(9-7-21)17-19-5-10-25-17/h3-5,10-12H,6-9H2,1-2H3,(H,20,23). The van der Waals surface area contributed by atoms with Gasteiger partial charge in [-0.1, -0.05) is 6.07 Å². The van der Waals surface area contributed by atoms with Crippen molar-refractivity contribution in [2.45, 2.75) is 13.0 Å². The molecule has 6 nitrogen and oxygen atoms in total. The molecular formula is C17H21FN4O2S. The number of ether oxygens (including phenoxy) is 1. The fourth-order valence-corrected chi connectivity index (χ4v) is 3.48. The van der Waals surface area contributed by atoms with Gasteiger partial charge in [-0.15, -0.1) is 11.3 Å². The minimum atomic E-state index is -0.432. The van der Waals surface area contributed by atoms with Crippen molar-refractivity contribution in [3.05, 3.63) is 41.2 Å². The van der Waals surface area contributed by atoms with Crippen LogP contribution in [0.3, 0.4) is 0 Å². The van der Waals surface area contributed by atoms with Crippen molar-refractivity contribution in [1.29, 1.82) is 0 Å². The normalized spacial score (nSPS) is 15.8. The molecule has 1 aliphatic heterocycles. The van der Waals surface area contributed by atoms with E-state index in [2.05, 4.69) is 15.2 Å². The Labute approximate surface area is 150 Å². The molecule has 2 amide bonds. The number of carbonyl (C=O) groups is 1. The third kappa shape index (κ3) is 4.01. The molecule has 3 rings (SSSR count). The monoisotopic (exact) mass is 364 g/mol. The van der Waals surface area contributed by atoms with Crippen molar-refractivity contribution in [1.82, 2.24) is 15.2 Å². The van der Waals surface area contributed by atoms with Gasteiger partial charge in [-0.25, -0.2) is 14.2 Å². The van der Waals surface area contributed by atoms with Gasteiger partial charge in [0.15, 0.2) is 16.7 Å². The number of hydrogen-bond donors (Lipinski definition) is 1. The molecule has 2 aromatic rings. The zero-order valence-corrected chi connectivity index (χ0v) is 15.1. The molecule has 1 aliphatic rings. The van der Waals surface area contributed by atoms with E-state index in [-0.39, 0.29) is 17.8 Å². The van der Waals surface area contributed by atoms with Crippen LogP contribution in [-0.2, 0) is 0 Å². The van der Waals surface area contributed by atoms with E-state index in [1.807, 2.05) is 12.3 Å². The molecule has 0 aliphatic carbocycles. The van der Waals surface area contributed by atoms with Crippen LogP contribution in [0.2, 0.25) is 0 Å². The van der Waals surface area contributed by atoms with Gasteiger partial charge < -0.3 is 19.9 Å². The van der Waals surface area contributed by atoms with Crippen molar-refractivity contribution in [3.8, 4) is 5.75 Å². The number of nitrogens with zero attached hydrogens (tertiary/aromatic N) is 3. The lowest BCUT2D eigenvalue weighted by atomic mass is 10.1. The van der Waals surface area contributed by atoms with Crippen LogP contribution in [0.5, 0.6) is 5.75 Å². The van der Waals surface area contributed by atoms with Crippen molar-refractivity contribution in [2.24, 2.45) is 0 Å². The van der Waals surface area contributed by atoms with Crippen LogP contribution in [0.4, 0.5) is 14.3 Å². The third-order valence-electron chi connectivity index (χ3n) is 4.27. The quantitative estimate of drug-likeness (QED) is 0.906. The molecule has 1 N–H and O–H groups in total. The summed E-state index contributed by atoms with van der Waals surface area (Å²) in [5, 5.41) is 5.86. The lowest BCUT2D eigenvalue weighted by Gasteiger charge is -2.35. The topological polar surface area (TPSA) is 57.7 Å². The first-order chi connectivity index (χ1) is 12.1. The van der Waals surface area contributed by atoms with Crippen molar-refractivity contribution < 1.29 is 13.9 Å². The molecule has 8 heteroatoms. The number of benzene rings is 1. The summed E-state index contributed by atoms with van der Waals surface area (Å²) in [5.41, 5.74) is 0.702. The maximum absolute atomic E-state index is 13.8. The first-order valence-corrected chi connectivity index (χ1v) is 8.99. The van der Waals surface area contributed by atoms with E-state index >= 15 is 0 Å². The van der Waals surface area contributed by atoms with Gasteiger partial charge >= 0.3 is 6.03 Å². The smallest absolute Gasteiger partial charge is 0.317 e. The summed E-state index contributed by atoms with van der Waals surface area (Å²) in [6, 6.07) is 4.30. The molecule has 1 unspecified atom stereocenters. The maximum Gasteiger partial charge on any atom is 0.317 e. The summed E-state index contributed by atoms with van der Waals surface area (Å²) in [6.07, 6.45) is 1.79. The van der Waals surface area contributed by atoms with E-state index in [9.17, 15) is 9.18 Å². The highest BCUT2D eigenvalue weighted by Gasteiger charge is 2.23. The number of piperazine rings is 1. The van der Waals surface area contributed by atoms with Gasteiger partial charge in [0.25, 0.3) is 0 Å². The van der Waals surface area contributed by atoms with Gasteiger partial charge in [0.05, 0.1) is 13.2 Å². The number of urea groups is 1. The van der Waals surface area contributed by atoms with E-state index in [1.54, 1.807) is 34.6 Å². The van der Waals surface area contributed by atoms with Gasteiger partial charge in [0, 0.05) is 37.8 Å². The van der Waals surface area contributed by atoms with Crippen LogP contribution >= 0.6 is 11.3 Å². The summed E-state index contributed by atoms with van der Waals surface area (Å²) in [7, 11) is 1.43. The molecule has 2 heterocycles. The minimum Gasteiger partial charge on any atom is -0.494 e. The highest BCUT2D eigenvalue weighted by atomic mass is 32.1. The third-order valence-corrected chi connectivity index (χ3v) is 5.10. The van der Waals surface area contributed by atoms with E-state index in [4.69, 9.17) is 4.74 Å². The summed E-state index contributed by atoms with van der Waals surface area (Å²) in [5.74, 6) is -0.237. The Morgan fingerprint density at radius 2 is 2.12 bits per heavy atom. The highest BCUT2D eigenvalue weighted by molar-refractivity contribution is 7.13. The van der Waals surface area contributed by atoms with Gasteiger partial charge in [0.2, 0.25) is 0 Å². The average molecular weight is 364 g/mol. The minimum absolute atomic E-state index is 0.137. The van der Waals surface area contributed by atoms with Crippen LogP contribution in [0.15, 0.2) is 29.8 Å².